The van der Waals surface area contributed by atoms with Crippen molar-refractivity contribution < 1.29 is 13.9 Å². The summed E-state index contributed by atoms with van der Waals surface area (Å²) < 4.78 is 19.1. The van der Waals surface area contributed by atoms with Crippen molar-refractivity contribution in [2.45, 2.75) is 25.5 Å². The van der Waals surface area contributed by atoms with Crippen LogP contribution in [0.2, 0.25) is 5.02 Å². The summed E-state index contributed by atoms with van der Waals surface area (Å²) in [5, 5.41) is 4.58. The van der Waals surface area contributed by atoms with Crippen molar-refractivity contribution in [2.24, 2.45) is 0 Å². The van der Waals surface area contributed by atoms with E-state index < -0.39 is 0 Å². The van der Waals surface area contributed by atoms with Crippen LogP contribution in [0.15, 0.2) is 67.0 Å². The number of ether oxygens (including phenoxy) is 1. The second-order valence-electron chi connectivity index (χ2n) is 8.15. The van der Waals surface area contributed by atoms with Gasteiger partial charge < -0.3 is 19.7 Å². The minimum absolute atomic E-state index is 0.0998. The highest BCUT2D eigenvalue weighted by molar-refractivity contribution is 6.32. The van der Waals surface area contributed by atoms with E-state index in [0.717, 1.165) is 53.5 Å². The molecule has 34 heavy (non-hydrogen) atoms. The maximum Gasteiger partial charge on any atom is 0.142 e. The number of hydrogen-bond donors (Lipinski definition) is 1. The first-order chi connectivity index (χ1) is 16.6. The van der Waals surface area contributed by atoms with Gasteiger partial charge in [0.15, 0.2) is 0 Å². The van der Waals surface area contributed by atoms with Gasteiger partial charge in [-0.25, -0.2) is 14.4 Å². The molecular formula is C26H22ClFN4O2. The number of carbonyl (C=O) groups is 1. The first-order valence-corrected chi connectivity index (χ1v) is 11.4. The number of fused-ring (bicyclic) bond motifs is 1. The molecule has 0 saturated carbocycles. The second kappa shape index (κ2) is 9.65. The molecule has 1 atom stereocenters. The van der Waals surface area contributed by atoms with E-state index in [1.165, 1.54) is 18.5 Å². The molecule has 5 rings (SSSR count). The van der Waals surface area contributed by atoms with Gasteiger partial charge in [0.1, 0.15) is 36.6 Å². The first kappa shape index (κ1) is 22.1. The Labute approximate surface area is 201 Å². The van der Waals surface area contributed by atoms with E-state index >= 15 is 0 Å². The molecule has 8 heteroatoms. The number of halogens is 2. The van der Waals surface area contributed by atoms with Crippen molar-refractivity contribution in [2.75, 3.05) is 16.8 Å². The number of aldehydes is 1. The van der Waals surface area contributed by atoms with Gasteiger partial charge in [0.2, 0.25) is 0 Å². The SMILES string of the molecule is O=CC1CCCN1c1ccc2ncnc(Nc3ccc(OCc4cccc(F)c4)c(Cl)c3)c2c1. The molecule has 0 aliphatic carbocycles. The van der Waals surface area contributed by atoms with Crippen LogP contribution in [-0.2, 0) is 11.4 Å². The Balaban J connectivity index is 1.36. The standard InChI is InChI=1S/C26H22ClFN4O2/c27-23-12-19(6-9-25(23)34-15-17-3-1-4-18(28)11-17)31-26-22-13-20(7-8-24(22)29-16-30-26)32-10-2-5-21(32)14-33/h1,3-4,6-9,11-14,16,21H,2,5,10,15H2,(H,29,30,31). The maximum absolute atomic E-state index is 13.4. The van der Waals surface area contributed by atoms with Gasteiger partial charge in [0.05, 0.1) is 16.6 Å². The molecule has 0 radical (unpaired) electrons. The average Bonchev–Trinajstić information content (AvgIpc) is 3.33. The Morgan fingerprint density at radius 3 is 2.88 bits per heavy atom. The highest BCUT2D eigenvalue weighted by Crippen LogP contribution is 2.33. The lowest BCUT2D eigenvalue weighted by Crippen LogP contribution is -2.30. The van der Waals surface area contributed by atoms with Crippen LogP contribution in [0.3, 0.4) is 0 Å². The minimum Gasteiger partial charge on any atom is -0.487 e. The van der Waals surface area contributed by atoms with Gasteiger partial charge in [-0.3, -0.25) is 0 Å². The van der Waals surface area contributed by atoms with Crippen molar-refractivity contribution in [3.63, 3.8) is 0 Å². The fraction of sp³-hybridized carbons (Fsp3) is 0.192. The number of rotatable bonds is 7. The van der Waals surface area contributed by atoms with Gasteiger partial charge in [0.25, 0.3) is 0 Å². The molecule has 172 valence electrons. The summed E-state index contributed by atoms with van der Waals surface area (Å²) in [5.74, 6) is 0.830. The van der Waals surface area contributed by atoms with Crippen LogP contribution in [0.25, 0.3) is 10.9 Å². The molecule has 2 heterocycles. The summed E-state index contributed by atoms with van der Waals surface area (Å²) in [6.07, 6.45) is 4.37. The highest BCUT2D eigenvalue weighted by atomic mass is 35.5. The molecule has 0 amide bonds. The average molecular weight is 477 g/mol. The monoisotopic (exact) mass is 476 g/mol. The quantitative estimate of drug-likeness (QED) is 0.334. The molecule has 1 fully saturated rings. The Kier molecular flexibility index (Phi) is 6.27. The van der Waals surface area contributed by atoms with Crippen LogP contribution in [0, 0.1) is 5.82 Å². The highest BCUT2D eigenvalue weighted by Gasteiger charge is 2.24. The van der Waals surface area contributed by atoms with Crippen LogP contribution in [0.5, 0.6) is 5.75 Å². The third kappa shape index (κ3) is 4.65. The topological polar surface area (TPSA) is 67.4 Å². The third-order valence-electron chi connectivity index (χ3n) is 5.88. The van der Waals surface area contributed by atoms with Gasteiger partial charge in [-0.1, -0.05) is 23.7 Å². The van der Waals surface area contributed by atoms with Gasteiger partial charge in [-0.15, -0.1) is 0 Å². The fourth-order valence-electron chi connectivity index (χ4n) is 4.20. The molecule has 4 aromatic rings. The van der Waals surface area contributed by atoms with Crippen molar-refractivity contribution in [3.8, 4) is 5.75 Å². The molecular weight excluding hydrogens is 455 g/mol. The predicted molar refractivity (Wildman–Crippen MR) is 131 cm³/mol. The lowest BCUT2D eigenvalue weighted by atomic mass is 10.1. The maximum atomic E-state index is 13.4. The molecule has 1 aliphatic rings. The summed E-state index contributed by atoms with van der Waals surface area (Å²) in [6, 6.07) is 17.4. The first-order valence-electron chi connectivity index (χ1n) is 11.0. The molecule has 1 aliphatic heterocycles. The van der Waals surface area contributed by atoms with Crippen LogP contribution in [-0.4, -0.2) is 28.8 Å². The number of anilines is 3. The molecule has 1 unspecified atom stereocenters. The van der Waals surface area contributed by atoms with Crippen molar-refractivity contribution in [1.82, 2.24) is 9.97 Å². The summed E-state index contributed by atoms with van der Waals surface area (Å²) in [6.45, 7) is 1.06. The molecule has 1 N–H and O–H groups in total. The van der Waals surface area contributed by atoms with Crippen LogP contribution < -0.4 is 15.0 Å². The predicted octanol–water partition coefficient (Wildman–Crippen LogP) is 5.91. The number of aromatic nitrogens is 2. The largest absolute Gasteiger partial charge is 0.487 e. The zero-order chi connectivity index (χ0) is 23.5. The van der Waals surface area contributed by atoms with E-state index in [9.17, 15) is 9.18 Å². The number of carbonyl (C=O) groups excluding carboxylic acids is 1. The Hall–Kier alpha value is -3.71. The van der Waals surface area contributed by atoms with Crippen molar-refractivity contribution in [3.05, 3.63) is 83.4 Å². The molecule has 6 nitrogen and oxygen atoms in total. The van der Waals surface area contributed by atoms with Crippen LogP contribution >= 0.6 is 11.6 Å². The molecule has 3 aromatic carbocycles. The summed E-state index contributed by atoms with van der Waals surface area (Å²) in [7, 11) is 0. The van der Waals surface area contributed by atoms with E-state index in [1.54, 1.807) is 24.3 Å². The number of benzene rings is 3. The van der Waals surface area contributed by atoms with E-state index in [4.69, 9.17) is 16.3 Å². The fourth-order valence-corrected chi connectivity index (χ4v) is 4.43. The van der Waals surface area contributed by atoms with E-state index in [1.807, 2.05) is 24.3 Å². The zero-order valence-corrected chi connectivity index (χ0v) is 19.0. The minimum atomic E-state index is -0.307. The third-order valence-corrected chi connectivity index (χ3v) is 6.18. The second-order valence-corrected chi connectivity index (χ2v) is 8.56. The van der Waals surface area contributed by atoms with E-state index in [0.29, 0.717) is 16.6 Å². The summed E-state index contributed by atoms with van der Waals surface area (Å²) in [5.41, 5.74) is 3.22. The van der Waals surface area contributed by atoms with E-state index in [-0.39, 0.29) is 18.5 Å². The molecule has 1 saturated heterocycles. The Morgan fingerprint density at radius 1 is 1.15 bits per heavy atom. The van der Waals surface area contributed by atoms with Crippen LogP contribution in [0.4, 0.5) is 21.6 Å². The normalized spacial score (nSPS) is 15.5. The smallest absolute Gasteiger partial charge is 0.142 e. The van der Waals surface area contributed by atoms with Gasteiger partial charge in [0, 0.05) is 23.3 Å². The molecule has 1 aromatic heterocycles. The Morgan fingerprint density at radius 2 is 2.06 bits per heavy atom. The zero-order valence-electron chi connectivity index (χ0n) is 18.2. The lowest BCUT2D eigenvalue weighted by Gasteiger charge is -2.23. The van der Waals surface area contributed by atoms with E-state index in [2.05, 4.69) is 20.2 Å². The van der Waals surface area contributed by atoms with Gasteiger partial charge in [-0.05, 0) is 66.9 Å². The van der Waals surface area contributed by atoms with Gasteiger partial charge >= 0.3 is 0 Å². The molecule has 0 spiro atoms. The number of nitrogens with zero attached hydrogens (tertiary/aromatic N) is 3. The van der Waals surface area contributed by atoms with Gasteiger partial charge in [-0.2, -0.15) is 0 Å². The van der Waals surface area contributed by atoms with Crippen molar-refractivity contribution >= 4 is 46.0 Å². The van der Waals surface area contributed by atoms with Crippen LogP contribution in [0.1, 0.15) is 18.4 Å². The summed E-state index contributed by atoms with van der Waals surface area (Å²) >= 11 is 6.44. The molecule has 0 bridgehead atoms. The summed E-state index contributed by atoms with van der Waals surface area (Å²) in [4.78, 5) is 22.4. The number of hydrogen-bond acceptors (Lipinski definition) is 6. The van der Waals surface area contributed by atoms with Crippen molar-refractivity contribution in [1.29, 1.82) is 0 Å². The lowest BCUT2D eigenvalue weighted by molar-refractivity contribution is -0.108. The number of nitrogens with one attached hydrogen (secondary N) is 1. The Bertz CT molecular complexity index is 1350.